The van der Waals surface area contributed by atoms with Crippen LogP contribution in [0, 0.1) is 20.8 Å². The minimum absolute atomic E-state index is 0. The number of rotatable bonds is 3. The molecule has 1 unspecified atom stereocenters. The molecule has 2 aromatic carbocycles. The molecule has 0 aliphatic heterocycles. The summed E-state index contributed by atoms with van der Waals surface area (Å²) in [6, 6.07) is 11.5. The van der Waals surface area contributed by atoms with Crippen LogP contribution in [0.5, 0.6) is 0 Å². The van der Waals surface area contributed by atoms with E-state index in [9.17, 15) is 14.3 Å². The van der Waals surface area contributed by atoms with Crippen molar-refractivity contribution >= 4 is 47.8 Å². The third-order valence-electron chi connectivity index (χ3n) is 3.67. The molecule has 0 saturated heterocycles. The Morgan fingerprint density at radius 1 is 0.952 bits per heavy atom. The molecule has 0 fully saturated rings. The quantitative estimate of drug-likeness (QED) is 0.700. The van der Waals surface area contributed by atoms with E-state index in [1.165, 1.54) is 12.1 Å². The van der Waals surface area contributed by atoms with E-state index in [4.69, 9.17) is 0 Å². The van der Waals surface area contributed by atoms with E-state index in [1.807, 2.05) is 13.8 Å². The van der Waals surface area contributed by atoms with Gasteiger partial charge >= 0.3 is 29.6 Å². The fourth-order valence-electron chi connectivity index (χ4n) is 2.10. The monoisotopic (exact) mass is 312 g/mol. The molecule has 5 heteroatoms. The molecule has 0 aromatic heterocycles. The Morgan fingerprint density at radius 2 is 1.52 bits per heavy atom. The third-order valence-corrected chi connectivity index (χ3v) is 5.46. The van der Waals surface area contributed by atoms with Crippen LogP contribution in [0.1, 0.15) is 27.0 Å². The average molecular weight is 312 g/mol. The van der Waals surface area contributed by atoms with E-state index in [-0.39, 0.29) is 34.9 Å². The summed E-state index contributed by atoms with van der Waals surface area (Å²) in [4.78, 5) is 22.6. The van der Waals surface area contributed by atoms with Gasteiger partial charge in [0.25, 0.3) is 12.9 Å². The molecule has 0 radical (unpaired) electrons. The maximum absolute atomic E-state index is 12.5. The van der Waals surface area contributed by atoms with Gasteiger partial charge in [0, 0.05) is 10.9 Å². The molecular weight excluding hydrogens is 294 g/mol. The molecule has 1 N–H and O–H groups in total. The summed E-state index contributed by atoms with van der Waals surface area (Å²) in [7, 11) is -4.06. The van der Waals surface area contributed by atoms with Crippen LogP contribution in [-0.4, -0.2) is 40.0 Å². The molecule has 0 bridgehead atoms. The van der Waals surface area contributed by atoms with Gasteiger partial charge in [-0.2, -0.15) is 0 Å². The molecule has 2 aromatic rings. The van der Waals surface area contributed by atoms with Gasteiger partial charge in [-0.05, 0) is 49.6 Å². The van der Waals surface area contributed by atoms with Gasteiger partial charge in [-0.1, -0.05) is 30.3 Å². The number of carbonyl (C=O) groups excluding carboxylic acids is 1. The van der Waals surface area contributed by atoms with Gasteiger partial charge in [0.1, 0.15) is 0 Å². The molecule has 2 rings (SSSR count). The fraction of sp³-hybridized carbons (Fsp3) is 0.188. The second kappa shape index (κ2) is 7.04. The van der Waals surface area contributed by atoms with Crippen LogP contribution in [-0.2, 0) is 4.57 Å². The van der Waals surface area contributed by atoms with Gasteiger partial charge in [0.2, 0.25) is 0 Å². The Labute approximate surface area is 147 Å². The topological polar surface area (TPSA) is 54.4 Å². The Kier molecular flexibility index (Phi) is 6.15. The van der Waals surface area contributed by atoms with Gasteiger partial charge in [-0.25, -0.2) is 0 Å². The SMILES string of the molecule is Cc1ccc(C(=O)P(=O)(O)c2ccccc2)c(C)c1C.[NaH]. The Balaban J connectivity index is 0.00000220. The number of hydrogen-bond donors (Lipinski definition) is 1. The summed E-state index contributed by atoms with van der Waals surface area (Å²) < 4.78 is 12.5. The van der Waals surface area contributed by atoms with Crippen LogP contribution in [0.3, 0.4) is 0 Å². The summed E-state index contributed by atoms with van der Waals surface area (Å²) in [5.41, 5.74) is 2.42. The zero-order valence-electron chi connectivity index (χ0n) is 11.8. The number of hydrogen-bond acceptors (Lipinski definition) is 2. The summed E-state index contributed by atoms with van der Waals surface area (Å²) in [6.45, 7) is 5.67. The third kappa shape index (κ3) is 3.56. The van der Waals surface area contributed by atoms with Gasteiger partial charge in [0.05, 0.1) is 0 Å². The molecule has 0 saturated carbocycles. The molecule has 0 heterocycles. The molecule has 0 amide bonds. The zero-order chi connectivity index (χ0) is 14.9. The number of benzene rings is 2. The van der Waals surface area contributed by atoms with Crippen molar-refractivity contribution in [1.82, 2.24) is 0 Å². The standard InChI is InChI=1S/C16H17O3P.Na.H/c1-11-9-10-15(13(3)12(11)2)16(17)20(18,19)14-7-5-4-6-8-14;;/h4-10H,1-3H3,(H,18,19);;. The van der Waals surface area contributed by atoms with Crippen molar-refractivity contribution in [1.29, 1.82) is 0 Å². The first kappa shape index (κ1) is 18.3. The Bertz CT molecular complexity index is 711. The van der Waals surface area contributed by atoms with Crippen molar-refractivity contribution in [3.8, 4) is 0 Å². The first-order valence-corrected chi connectivity index (χ1v) is 8.01. The van der Waals surface area contributed by atoms with Crippen LogP contribution in [0.4, 0.5) is 0 Å². The van der Waals surface area contributed by atoms with Crippen molar-refractivity contribution in [3.05, 3.63) is 64.7 Å². The van der Waals surface area contributed by atoms with Crippen molar-refractivity contribution < 1.29 is 14.3 Å². The van der Waals surface area contributed by atoms with Gasteiger partial charge in [0.15, 0.2) is 0 Å². The molecule has 106 valence electrons. The van der Waals surface area contributed by atoms with Crippen molar-refractivity contribution in [2.75, 3.05) is 0 Å². The van der Waals surface area contributed by atoms with Gasteiger partial charge < -0.3 is 4.89 Å². The average Bonchev–Trinajstić information content (AvgIpc) is 2.45. The van der Waals surface area contributed by atoms with E-state index in [0.29, 0.717) is 5.56 Å². The van der Waals surface area contributed by atoms with E-state index < -0.39 is 12.9 Å². The summed E-state index contributed by atoms with van der Waals surface area (Å²) in [5.74, 6) is 0. The number of carbonyl (C=O) groups is 1. The fourth-order valence-corrected chi connectivity index (χ4v) is 3.48. The number of aryl methyl sites for hydroxylation is 1. The first-order valence-electron chi connectivity index (χ1n) is 6.36. The molecule has 1 atom stereocenters. The van der Waals surface area contributed by atoms with Crippen LogP contribution in [0.15, 0.2) is 42.5 Å². The van der Waals surface area contributed by atoms with E-state index in [2.05, 4.69) is 0 Å². The molecule has 3 nitrogen and oxygen atoms in total. The molecule has 0 aliphatic carbocycles. The first-order chi connectivity index (χ1) is 9.35. The molecule has 0 spiro atoms. The predicted molar refractivity (Wildman–Crippen MR) is 88.0 cm³/mol. The molecule has 0 aliphatic rings. The van der Waals surface area contributed by atoms with Crippen LogP contribution < -0.4 is 5.30 Å². The van der Waals surface area contributed by atoms with Crippen LogP contribution in [0.2, 0.25) is 0 Å². The maximum atomic E-state index is 12.5. The van der Waals surface area contributed by atoms with Gasteiger partial charge in [-0.3, -0.25) is 9.36 Å². The second-order valence-corrected chi connectivity index (χ2v) is 6.97. The Morgan fingerprint density at radius 3 is 2.10 bits per heavy atom. The normalized spacial score (nSPS) is 13.1. The zero-order valence-corrected chi connectivity index (χ0v) is 12.6. The summed E-state index contributed by atoms with van der Waals surface area (Å²) >= 11 is 0. The van der Waals surface area contributed by atoms with E-state index in [0.717, 1.165) is 16.7 Å². The molecular formula is C16H18NaO3P. The summed E-state index contributed by atoms with van der Waals surface area (Å²) in [5, 5.41) is 0.169. The van der Waals surface area contributed by atoms with Crippen LogP contribution >= 0.6 is 7.37 Å². The van der Waals surface area contributed by atoms with Crippen LogP contribution in [0.25, 0.3) is 0 Å². The Hall–Kier alpha value is -0.700. The predicted octanol–water partition coefficient (Wildman–Crippen LogP) is 2.70. The van der Waals surface area contributed by atoms with E-state index in [1.54, 1.807) is 37.3 Å². The summed E-state index contributed by atoms with van der Waals surface area (Å²) in [6.07, 6.45) is 0. The van der Waals surface area contributed by atoms with Crippen molar-refractivity contribution in [2.45, 2.75) is 20.8 Å². The van der Waals surface area contributed by atoms with Gasteiger partial charge in [-0.15, -0.1) is 0 Å². The molecule has 21 heavy (non-hydrogen) atoms. The van der Waals surface area contributed by atoms with Crippen molar-refractivity contribution in [3.63, 3.8) is 0 Å². The second-order valence-electron chi connectivity index (χ2n) is 4.90. The van der Waals surface area contributed by atoms with Crippen molar-refractivity contribution in [2.24, 2.45) is 0 Å². The minimum atomic E-state index is -4.06. The van der Waals surface area contributed by atoms with E-state index >= 15 is 0 Å².